The Morgan fingerprint density at radius 1 is 1.25 bits per heavy atom. The van der Waals surface area contributed by atoms with Crippen LogP contribution < -0.4 is 10.6 Å². The molecule has 0 saturated heterocycles. The number of ketones is 1. The van der Waals surface area contributed by atoms with E-state index in [4.69, 9.17) is 0 Å². The van der Waals surface area contributed by atoms with E-state index in [1.54, 1.807) is 16.9 Å². The van der Waals surface area contributed by atoms with Crippen molar-refractivity contribution in [3.05, 3.63) is 59.6 Å². The number of carbonyl (C=O) groups is 1. The largest absolute Gasteiger partial charge is 0.379 e. The number of Topliss-reactive ketones (excluding diaryl/α,β-unsaturated/α-hetero) is 1. The van der Waals surface area contributed by atoms with Gasteiger partial charge in [-0.25, -0.2) is 8.78 Å². The number of nitrogens with one attached hydrogen (secondary N) is 2. The molecule has 0 aliphatic rings. The topological polar surface area (TPSA) is 84.7 Å². The molecule has 0 radical (unpaired) electrons. The molecule has 28 heavy (non-hydrogen) atoms. The van der Waals surface area contributed by atoms with Crippen LogP contribution in [0.15, 0.2) is 36.7 Å². The maximum Gasteiger partial charge on any atom is 0.182 e. The van der Waals surface area contributed by atoms with E-state index in [-0.39, 0.29) is 29.6 Å². The lowest BCUT2D eigenvalue weighted by molar-refractivity contribution is 0.101. The third-order valence-electron chi connectivity index (χ3n) is 4.03. The number of nitrogens with zero attached hydrogens (tertiary/aromatic N) is 4. The summed E-state index contributed by atoms with van der Waals surface area (Å²) < 4.78 is 29.0. The highest BCUT2D eigenvalue weighted by atomic mass is 19.2. The number of anilines is 3. The van der Waals surface area contributed by atoms with Crippen molar-refractivity contribution in [2.24, 2.45) is 0 Å². The number of aromatic nitrogens is 4. The molecule has 0 spiro atoms. The number of hydrogen-bond acceptors (Lipinski definition) is 6. The highest BCUT2D eigenvalue weighted by molar-refractivity contribution is 5.97. The molecule has 0 unspecified atom stereocenters. The van der Waals surface area contributed by atoms with E-state index in [0.717, 1.165) is 6.07 Å². The first-order valence-corrected chi connectivity index (χ1v) is 8.71. The van der Waals surface area contributed by atoms with Gasteiger partial charge in [0.05, 0.1) is 17.6 Å². The average Bonchev–Trinajstić information content (AvgIpc) is 3.11. The third-order valence-corrected chi connectivity index (χ3v) is 4.03. The fourth-order valence-electron chi connectivity index (χ4n) is 2.56. The molecule has 1 aromatic carbocycles. The van der Waals surface area contributed by atoms with Crippen molar-refractivity contribution < 1.29 is 13.6 Å². The molecule has 0 bridgehead atoms. The van der Waals surface area contributed by atoms with Crippen LogP contribution in [0.3, 0.4) is 0 Å². The Bertz CT molecular complexity index is 1000. The zero-order valence-electron chi connectivity index (χ0n) is 15.7. The predicted molar refractivity (Wildman–Crippen MR) is 102 cm³/mol. The second-order valence-corrected chi connectivity index (χ2v) is 6.54. The van der Waals surface area contributed by atoms with Gasteiger partial charge < -0.3 is 10.6 Å². The summed E-state index contributed by atoms with van der Waals surface area (Å²) in [5.74, 6) is -1.77. The number of hydrogen-bond donors (Lipinski definition) is 2. The first kappa shape index (κ1) is 19.4. The third kappa shape index (κ3) is 4.30. The van der Waals surface area contributed by atoms with Crippen molar-refractivity contribution in [2.75, 3.05) is 10.6 Å². The summed E-state index contributed by atoms with van der Waals surface area (Å²) in [4.78, 5) is 11.8. The van der Waals surface area contributed by atoms with Gasteiger partial charge in [0.1, 0.15) is 0 Å². The lowest BCUT2D eigenvalue weighted by Gasteiger charge is -2.12. The molecule has 0 saturated carbocycles. The van der Waals surface area contributed by atoms with Gasteiger partial charge in [0, 0.05) is 37.3 Å². The summed E-state index contributed by atoms with van der Waals surface area (Å²) >= 11 is 0. The van der Waals surface area contributed by atoms with Gasteiger partial charge in [-0.15, -0.1) is 10.2 Å². The molecular weight excluding hydrogens is 366 g/mol. The summed E-state index contributed by atoms with van der Waals surface area (Å²) in [7, 11) is 0. The Kier molecular flexibility index (Phi) is 5.62. The minimum Gasteiger partial charge on any atom is -0.379 e. The minimum atomic E-state index is -0.930. The van der Waals surface area contributed by atoms with Crippen molar-refractivity contribution in [1.82, 2.24) is 20.0 Å². The monoisotopic (exact) mass is 386 g/mol. The standard InChI is InChI=1S/C19H20F2N6O/c1-11(2)27-10-14(9-23-27)24-17-7-16(19(12(3)28)26-25-17)22-8-13-5-4-6-15(20)18(13)21/h4-7,9-11H,8H2,1-3H3,(H2,22,24,25). The van der Waals surface area contributed by atoms with Gasteiger partial charge >= 0.3 is 0 Å². The van der Waals surface area contributed by atoms with Gasteiger partial charge in [-0.3, -0.25) is 9.48 Å². The van der Waals surface area contributed by atoms with E-state index < -0.39 is 11.6 Å². The highest BCUT2D eigenvalue weighted by Crippen LogP contribution is 2.22. The van der Waals surface area contributed by atoms with Crippen LogP contribution in [0.5, 0.6) is 0 Å². The van der Waals surface area contributed by atoms with Crippen molar-refractivity contribution in [3.63, 3.8) is 0 Å². The Morgan fingerprint density at radius 3 is 2.71 bits per heavy atom. The zero-order valence-corrected chi connectivity index (χ0v) is 15.7. The predicted octanol–water partition coefficient (Wildman–Crippen LogP) is 4.09. The zero-order chi connectivity index (χ0) is 20.3. The van der Waals surface area contributed by atoms with Gasteiger partial charge in [-0.05, 0) is 19.9 Å². The molecule has 2 aromatic heterocycles. The van der Waals surface area contributed by atoms with Crippen molar-refractivity contribution in [1.29, 1.82) is 0 Å². The molecule has 0 fully saturated rings. The molecule has 0 amide bonds. The molecule has 3 aromatic rings. The SMILES string of the molecule is CC(=O)c1nnc(Nc2cnn(C(C)C)c2)cc1NCc1cccc(F)c1F. The number of rotatable bonds is 7. The lowest BCUT2D eigenvalue weighted by atomic mass is 10.2. The summed E-state index contributed by atoms with van der Waals surface area (Å²) in [6, 6.07) is 5.74. The quantitative estimate of drug-likeness (QED) is 0.595. The molecular formula is C19H20F2N6O. The Labute approximate surface area is 160 Å². The number of carbonyl (C=O) groups excluding carboxylic acids is 1. The van der Waals surface area contributed by atoms with Crippen LogP contribution in [0, 0.1) is 11.6 Å². The summed E-state index contributed by atoms with van der Waals surface area (Å²) in [6.07, 6.45) is 3.47. The highest BCUT2D eigenvalue weighted by Gasteiger charge is 2.14. The summed E-state index contributed by atoms with van der Waals surface area (Å²) in [6.45, 7) is 5.36. The van der Waals surface area contributed by atoms with E-state index in [1.165, 1.54) is 19.1 Å². The second kappa shape index (κ2) is 8.12. The minimum absolute atomic E-state index is 0.0136. The van der Waals surface area contributed by atoms with Crippen LogP contribution in [0.4, 0.5) is 26.0 Å². The van der Waals surface area contributed by atoms with Gasteiger partial charge in [-0.1, -0.05) is 12.1 Å². The summed E-state index contributed by atoms with van der Waals surface area (Å²) in [5.41, 5.74) is 1.32. The molecule has 9 heteroatoms. The smallest absolute Gasteiger partial charge is 0.182 e. The molecule has 2 N–H and O–H groups in total. The van der Waals surface area contributed by atoms with E-state index in [9.17, 15) is 13.6 Å². The van der Waals surface area contributed by atoms with Crippen molar-refractivity contribution in [2.45, 2.75) is 33.4 Å². The van der Waals surface area contributed by atoms with Gasteiger partial charge in [-0.2, -0.15) is 5.10 Å². The maximum atomic E-state index is 13.9. The van der Waals surface area contributed by atoms with Crippen molar-refractivity contribution in [3.8, 4) is 0 Å². The molecule has 7 nitrogen and oxygen atoms in total. The van der Waals surface area contributed by atoms with E-state index >= 15 is 0 Å². The first-order chi connectivity index (χ1) is 13.3. The van der Waals surface area contributed by atoms with Gasteiger partial charge in [0.15, 0.2) is 28.9 Å². The van der Waals surface area contributed by atoms with E-state index in [1.807, 2.05) is 20.0 Å². The number of halogens is 2. The molecule has 0 atom stereocenters. The average molecular weight is 386 g/mol. The molecule has 0 aliphatic heterocycles. The molecule has 146 valence electrons. The normalized spacial score (nSPS) is 10.9. The molecule has 2 heterocycles. The fourth-order valence-corrected chi connectivity index (χ4v) is 2.56. The van der Waals surface area contributed by atoms with Crippen LogP contribution in [0.2, 0.25) is 0 Å². The summed E-state index contributed by atoms with van der Waals surface area (Å²) in [5, 5.41) is 18.2. The fraction of sp³-hybridized carbons (Fsp3) is 0.263. The lowest BCUT2D eigenvalue weighted by Crippen LogP contribution is -2.10. The molecule has 3 rings (SSSR count). The van der Waals surface area contributed by atoms with Gasteiger partial charge in [0.2, 0.25) is 0 Å². The maximum absolute atomic E-state index is 13.9. The van der Waals surface area contributed by atoms with Crippen LogP contribution >= 0.6 is 0 Å². The van der Waals surface area contributed by atoms with Gasteiger partial charge in [0.25, 0.3) is 0 Å². The van der Waals surface area contributed by atoms with Crippen molar-refractivity contribution >= 4 is 23.0 Å². The van der Waals surface area contributed by atoms with Crippen LogP contribution in [-0.2, 0) is 6.54 Å². The first-order valence-electron chi connectivity index (χ1n) is 8.71. The Hall–Kier alpha value is -3.36. The van der Waals surface area contributed by atoms with E-state index in [2.05, 4.69) is 25.9 Å². The molecule has 0 aliphatic carbocycles. The number of benzene rings is 1. The van der Waals surface area contributed by atoms with E-state index in [0.29, 0.717) is 17.2 Å². The van der Waals surface area contributed by atoms with Crippen LogP contribution in [-0.4, -0.2) is 25.8 Å². The van der Waals surface area contributed by atoms with Crippen LogP contribution in [0.25, 0.3) is 0 Å². The Morgan fingerprint density at radius 2 is 2.04 bits per heavy atom. The van der Waals surface area contributed by atoms with Crippen LogP contribution in [0.1, 0.15) is 42.9 Å². The Balaban J connectivity index is 1.82. The second-order valence-electron chi connectivity index (χ2n) is 6.54.